The van der Waals surface area contributed by atoms with E-state index in [4.69, 9.17) is 0 Å². The van der Waals surface area contributed by atoms with E-state index in [1.807, 2.05) is 55.5 Å². The maximum Gasteiger partial charge on any atom is 0.172 e. The van der Waals surface area contributed by atoms with Crippen molar-refractivity contribution >= 4 is 33.1 Å². The van der Waals surface area contributed by atoms with Gasteiger partial charge in [-0.05, 0) is 25.1 Å². The Morgan fingerprint density at radius 3 is 2.44 bits per heavy atom. The average molecular weight is 322 g/mol. The van der Waals surface area contributed by atoms with Gasteiger partial charge in [0, 0.05) is 16.3 Å². The number of aryl methyl sites for hydroxylation is 1. The Balaban J connectivity index is 2.17. The quantitative estimate of drug-likeness (QED) is 0.788. The molecule has 0 heterocycles. The van der Waals surface area contributed by atoms with Crippen LogP contribution in [0.25, 0.3) is 0 Å². The molecular weight excluding hydrogens is 310 g/mol. The van der Waals surface area contributed by atoms with Gasteiger partial charge in [-0.1, -0.05) is 51.8 Å². The van der Waals surface area contributed by atoms with Crippen molar-refractivity contribution in [1.82, 2.24) is 0 Å². The standard InChI is InChI=1S/C14H12BrNOS/c1-11-6-8-13(9-7-11)18(17)16-10-12-4-2-3-5-14(12)15/h2-10H,1H3/b16-10-/t18-/m0/s1. The summed E-state index contributed by atoms with van der Waals surface area (Å²) in [7, 11) is -1.35. The summed E-state index contributed by atoms with van der Waals surface area (Å²) >= 11 is 3.42. The molecule has 2 aromatic rings. The summed E-state index contributed by atoms with van der Waals surface area (Å²) in [6, 6.07) is 15.2. The number of hydrogen-bond acceptors (Lipinski definition) is 1. The van der Waals surface area contributed by atoms with Crippen LogP contribution in [0.15, 0.2) is 62.3 Å². The molecule has 0 bridgehead atoms. The maximum absolute atomic E-state index is 11.9. The van der Waals surface area contributed by atoms with Crippen molar-refractivity contribution in [3.05, 3.63) is 64.1 Å². The van der Waals surface area contributed by atoms with Crippen LogP contribution in [0.1, 0.15) is 11.1 Å². The highest BCUT2D eigenvalue weighted by Crippen LogP contribution is 2.14. The van der Waals surface area contributed by atoms with Crippen molar-refractivity contribution in [3.63, 3.8) is 0 Å². The first-order chi connectivity index (χ1) is 8.66. The lowest BCUT2D eigenvalue weighted by atomic mass is 10.2. The molecule has 0 radical (unpaired) electrons. The van der Waals surface area contributed by atoms with Crippen LogP contribution in [0.5, 0.6) is 0 Å². The molecule has 0 amide bonds. The Hall–Kier alpha value is -1.26. The van der Waals surface area contributed by atoms with Gasteiger partial charge in [0.15, 0.2) is 11.0 Å². The minimum absolute atomic E-state index is 0.712. The van der Waals surface area contributed by atoms with E-state index in [2.05, 4.69) is 20.3 Å². The second kappa shape index (κ2) is 6.07. The summed E-state index contributed by atoms with van der Waals surface area (Å²) in [5.41, 5.74) is 2.06. The van der Waals surface area contributed by atoms with Crippen molar-refractivity contribution in [1.29, 1.82) is 0 Å². The Kier molecular flexibility index (Phi) is 4.44. The second-order valence-electron chi connectivity index (χ2n) is 3.82. The maximum atomic E-state index is 11.9. The molecule has 0 aliphatic carbocycles. The molecule has 4 heteroatoms. The smallest absolute Gasteiger partial charge is 0.172 e. The van der Waals surface area contributed by atoms with Crippen LogP contribution in [0.3, 0.4) is 0 Å². The predicted molar refractivity (Wildman–Crippen MR) is 79.3 cm³/mol. The van der Waals surface area contributed by atoms with E-state index in [0.29, 0.717) is 4.90 Å². The number of nitrogens with zero attached hydrogens (tertiary/aromatic N) is 1. The highest BCUT2D eigenvalue weighted by atomic mass is 79.9. The third kappa shape index (κ3) is 3.37. The van der Waals surface area contributed by atoms with Gasteiger partial charge in [-0.2, -0.15) is 4.40 Å². The molecule has 0 spiro atoms. The Morgan fingerprint density at radius 1 is 1.11 bits per heavy atom. The first-order valence-corrected chi connectivity index (χ1v) is 7.34. The van der Waals surface area contributed by atoms with Gasteiger partial charge in [0.1, 0.15) is 0 Å². The zero-order valence-corrected chi connectivity index (χ0v) is 12.2. The molecule has 2 rings (SSSR count). The molecule has 2 aromatic carbocycles. The summed E-state index contributed by atoms with van der Waals surface area (Å²) in [6.07, 6.45) is 1.63. The van der Waals surface area contributed by atoms with E-state index in [1.165, 1.54) is 0 Å². The minimum Gasteiger partial charge on any atom is -0.229 e. The molecule has 0 aromatic heterocycles. The van der Waals surface area contributed by atoms with Crippen molar-refractivity contribution < 1.29 is 4.21 Å². The van der Waals surface area contributed by atoms with Gasteiger partial charge in [-0.3, -0.25) is 0 Å². The largest absolute Gasteiger partial charge is 0.229 e. The molecule has 18 heavy (non-hydrogen) atoms. The third-order valence-corrected chi connectivity index (χ3v) is 4.11. The molecule has 0 saturated carbocycles. The van der Waals surface area contributed by atoms with E-state index >= 15 is 0 Å². The van der Waals surface area contributed by atoms with Gasteiger partial charge in [0.2, 0.25) is 0 Å². The number of benzene rings is 2. The first kappa shape index (κ1) is 13.2. The normalized spacial score (nSPS) is 12.8. The molecule has 92 valence electrons. The van der Waals surface area contributed by atoms with E-state index in [1.54, 1.807) is 6.21 Å². The molecule has 1 atom stereocenters. The Morgan fingerprint density at radius 2 is 1.78 bits per heavy atom. The van der Waals surface area contributed by atoms with Gasteiger partial charge in [0.05, 0.1) is 4.90 Å². The molecule has 0 aliphatic rings. The SMILES string of the molecule is Cc1ccc([S@](=O)/N=C\c2ccccc2Br)cc1. The van der Waals surface area contributed by atoms with Crippen molar-refractivity contribution in [2.24, 2.45) is 4.40 Å². The lowest BCUT2D eigenvalue weighted by Crippen LogP contribution is -1.90. The van der Waals surface area contributed by atoms with Crippen molar-refractivity contribution in [2.75, 3.05) is 0 Å². The summed E-state index contributed by atoms with van der Waals surface area (Å²) in [5, 5.41) is 0. The van der Waals surface area contributed by atoms with E-state index < -0.39 is 11.0 Å². The third-order valence-electron chi connectivity index (χ3n) is 2.42. The van der Waals surface area contributed by atoms with Crippen LogP contribution >= 0.6 is 15.9 Å². The second-order valence-corrected chi connectivity index (χ2v) is 5.85. The lowest BCUT2D eigenvalue weighted by molar-refractivity contribution is 0.684. The predicted octanol–water partition coefficient (Wildman–Crippen LogP) is 3.90. The van der Waals surface area contributed by atoms with E-state index in [0.717, 1.165) is 15.6 Å². The monoisotopic (exact) mass is 321 g/mol. The number of rotatable bonds is 3. The van der Waals surface area contributed by atoms with Gasteiger partial charge in [-0.15, -0.1) is 0 Å². The molecule has 0 aliphatic heterocycles. The first-order valence-electron chi connectivity index (χ1n) is 5.44. The Labute approximate surface area is 117 Å². The topological polar surface area (TPSA) is 29.4 Å². The molecule has 2 nitrogen and oxygen atoms in total. The van der Waals surface area contributed by atoms with Gasteiger partial charge in [-0.25, -0.2) is 4.21 Å². The fourth-order valence-electron chi connectivity index (χ4n) is 1.40. The molecular formula is C14H12BrNOS. The number of halogens is 1. The minimum atomic E-state index is -1.35. The number of hydrogen-bond donors (Lipinski definition) is 0. The lowest BCUT2D eigenvalue weighted by Gasteiger charge is -1.98. The van der Waals surface area contributed by atoms with Crippen LogP contribution in [0.4, 0.5) is 0 Å². The highest BCUT2D eigenvalue weighted by molar-refractivity contribution is 9.10. The summed E-state index contributed by atoms with van der Waals surface area (Å²) in [5.74, 6) is 0. The average Bonchev–Trinajstić information content (AvgIpc) is 2.38. The fourth-order valence-corrected chi connectivity index (χ4v) is 2.49. The summed E-state index contributed by atoms with van der Waals surface area (Å²) in [4.78, 5) is 0.712. The zero-order valence-electron chi connectivity index (χ0n) is 9.84. The molecule has 0 saturated heterocycles. The summed E-state index contributed by atoms with van der Waals surface area (Å²) < 4.78 is 17.0. The van der Waals surface area contributed by atoms with Crippen LogP contribution in [0, 0.1) is 6.92 Å². The van der Waals surface area contributed by atoms with Gasteiger partial charge < -0.3 is 0 Å². The van der Waals surface area contributed by atoms with Gasteiger partial charge >= 0.3 is 0 Å². The van der Waals surface area contributed by atoms with Crippen molar-refractivity contribution in [2.45, 2.75) is 11.8 Å². The van der Waals surface area contributed by atoms with Crippen LogP contribution in [-0.4, -0.2) is 10.4 Å². The van der Waals surface area contributed by atoms with E-state index in [9.17, 15) is 4.21 Å². The molecule has 0 fully saturated rings. The van der Waals surface area contributed by atoms with Crippen LogP contribution in [-0.2, 0) is 11.0 Å². The van der Waals surface area contributed by atoms with Crippen molar-refractivity contribution in [3.8, 4) is 0 Å². The zero-order chi connectivity index (χ0) is 13.0. The Bertz CT molecular complexity index is 593. The molecule has 0 unspecified atom stereocenters. The van der Waals surface area contributed by atoms with Gasteiger partial charge in [0.25, 0.3) is 0 Å². The van der Waals surface area contributed by atoms with Crippen LogP contribution < -0.4 is 0 Å². The summed E-state index contributed by atoms with van der Waals surface area (Å²) in [6.45, 7) is 2.00. The fraction of sp³-hybridized carbons (Fsp3) is 0.0714. The molecule has 0 N–H and O–H groups in total. The highest BCUT2D eigenvalue weighted by Gasteiger charge is 2.01. The van der Waals surface area contributed by atoms with E-state index in [-0.39, 0.29) is 0 Å². The van der Waals surface area contributed by atoms with Crippen LogP contribution in [0.2, 0.25) is 0 Å².